The molecule has 0 unspecified atom stereocenters. The van der Waals surface area contributed by atoms with Crippen LogP contribution in [0.1, 0.15) is 143 Å². The molecule has 0 aliphatic heterocycles. The second-order valence-electron chi connectivity index (χ2n) is 20.4. The maximum absolute atomic E-state index is 2.77. The molecule has 0 saturated heterocycles. The van der Waals surface area contributed by atoms with Gasteiger partial charge in [-0.2, -0.15) is 17.2 Å². The molecule has 2 aromatic carbocycles. The molecule has 10 rings (SSSR count). The molecule has 0 spiro atoms. The Kier molecular flexibility index (Phi) is 10.9. The van der Waals surface area contributed by atoms with Crippen molar-refractivity contribution in [2.45, 2.75) is 166 Å². The Balaban J connectivity index is 0.000000591. The van der Waals surface area contributed by atoms with Crippen LogP contribution in [0, 0.1) is 47.3 Å². The van der Waals surface area contributed by atoms with Gasteiger partial charge in [0.2, 0.25) is 0 Å². The van der Waals surface area contributed by atoms with Gasteiger partial charge in [-0.1, -0.05) is 81.8 Å². The molecule has 47 heavy (non-hydrogen) atoms. The maximum atomic E-state index is 2.77. The minimum Gasteiger partial charge on any atom is -0.748 e. The smallest absolute Gasteiger partial charge is 0 e. The van der Waals surface area contributed by atoms with Crippen molar-refractivity contribution in [2.24, 2.45) is 47.3 Å². The summed E-state index contributed by atoms with van der Waals surface area (Å²) >= 11 is 0. The van der Waals surface area contributed by atoms with Crippen LogP contribution < -0.4 is 0 Å². The molecule has 0 heterocycles. The van der Waals surface area contributed by atoms with Crippen LogP contribution in [0.4, 0.5) is 0 Å². The summed E-state index contributed by atoms with van der Waals surface area (Å²) in [5.74, 6) is 8.79. The monoisotopic (exact) mass is 714 g/mol. The quantitative estimate of drug-likeness (QED) is 0.159. The predicted molar refractivity (Wildman–Crippen MR) is 205 cm³/mol. The van der Waals surface area contributed by atoms with E-state index >= 15 is 0 Å². The minimum absolute atomic E-state index is 0. The van der Waals surface area contributed by atoms with Gasteiger partial charge in [0.15, 0.2) is 0 Å². The molecule has 8 aliphatic rings. The van der Waals surface area contributed by atoms with Crippen molar-refractivity contribution in [3.63, 3.8) is 0 Å². The van der Waals surface area contributed by atoms with Gasteiger partial charge < -0.3 is 30.3 Å². The zero-order valence-electron chi connectivity index (χ0n) is 31.5. The van der Waals surface area contributed by atoms with Crippen molar-refractivity contribution < 1.29 is 17.1 Å². The SMILES string of the molecule is CC(C)(C)c1cc(CP(C2C3CC4CC(C3)CC2C4)C2C3CC4CC(C3)CC2C4)[c-](CP(C(C)(C)C)C(C)(C)C)c1.[Fe].[cH-]1[cH-][cH-][cH-][cH-]1. The van der Waals surface area contributed by atoms with E-state index in [2.05, 4.69) is 74.4 Å². The summed E-state index contributed by atoms with van der Waals surface area (Å²) in [6.45, 7) is 22.6. The van der Waals surface area contributed by atoms with E-state index in [1.165, 1.54) is 12.3 Å². The van der Waals surface area contributed by atoms with Crippen LogP contribution in [-0.4, -0.2) is 21.6 Å². The fourth-order valence-electron chi connectivity index (χ4n) is 12.8. The molecule has 0 aromatic heterocycles. The molecule has 268 valence electrons. The number of hydrogen-bond acceptors (Lipinski definition) is 0. The van der Waals surface area contributed by atoms with Crippen molar-refractivity contribution >= 4 is 15.8 Å². The Hall–Kier alpha value is 0.0795. The third kappa shape index (κ3) is 7.81. The number of rotatable bonds is 6. The molecule has 0 radical (unpaired) electrons. The van der Waals surface area contributed by atoms with E-state index in [1.807, 2.05) is 35.9 Å². The van der Waals surface area contributed by atoms with Gasteiger partial charge in [0, 0.05) is 17.1 Å². The molecule has 0 atom stereocenters. The Morgan fingerprint density at radius 1 is 0.596 bits per heavy atom. The molecule has 2 aromatic rings. The second-order valence-corrected chi connectivity index (χ2v) is 26.8. The van der Waals surface area contributed by atoms with E-state index in [4.69, 9.17) is 0 Å². The van der Waals surface area contributed by atoms with E-state index in [-0.39, 0.29) is 38.3 Å². The molecular weight excluding hydrogens is 646 g/mol. The van der Waals surface area contributed by atoms with Crippen LogP contribution in [0.15, 0.2) is 42.5 Å². The third-order valence-corrected chi connectivity index (χ3v) is 21.7. The topological polar surface area (TPSA) is 0 Å². The van der Waals surface area contributed by atoms with Gasteiger partial charge in [0.1, 0.15) is 0 Å². The molecule has 3 heteroatoms. The van der Waals surface area contributed by atoms with Gasteiger partial charge in [-0.3, -0.25) is 0 Å². The molecule has 0 nitrogen and oxygen atoms in total. The second kappa shape index (κ2) is 13.9. The first kappa shape index (κ1) is 36.9. The van der Waals surface area contributed by atoms with Gasteiger partial charge >= 0.3 is 0 Å². The Bertz CT molecular complexity index is 1170. The Morgan fingerprint density at radius 2 is 0.957 bits per heavy atom. The van der Waals surface area contributed by atoms with E-state index in [0.29, 0.717) is 10.3 Å². The van der Waals surface area contributed by atoms with Crippen molar-refractivity contribution in [1.29, 1.82) is 0 Å². The molecule has 8 saturated carbocycles. The van der Waals surface area contributed by atoms with Crippen molar-refractivity contribution in [3.8, 4) is 0 Å². The fraction of sp³-hybridized carbons (Fsp3) is 0.773. The molecule has 0 amide bonds. The van der Waals surface area contributed by atoms with E-state index < -0.39 is 0 Å². The van der Waals surface area contributed by atoms with Gasteiger partial charge in [0.05, 0.1) is 0 Å². The normalized spacial score (nSPS) is 36.3. The van der Waals surface area contributed by atoms with E-state index in [9.17, 15) is 0 Å². The maximum Gasteiger partial charge on any atom is 0 e. The molecule has 8 bridgehead atoms. The first-order valence-corrected chi connectivity index (χ1v) is 22.8. The summed E-state index contributed by atoms with van der Waals surface area (Å²) < 4.78 is 0. The molecule has 0 N–H and O–H groups in total. The van der Waals surface area contributed by atoms with Gasteiger partial charge in [-0.05, 0) is 139 Å². The summed E-state index contributed by atoms with van der Waals surface area (Å²) in [7, 11) is -0.0735. The number of hydrogen-bond donors (Lipinski definition) is 0. The molecular formula is C44H68FeP2-6. The van der Waals surface area contributed by atoms with Gasteiger partial charge in [-0.25, -0.2) is 6.07 Å². The predicted octanol–water partition coefficient (Wildman–Crippen LogP) is 13.3. The molecule has 8 aliphatic carbocycles. The summed E-state index contributed by atoms with van der Waals surface area (Å²) in [6, 6.07) is 15.5. The summed E-state index contributed by atoms with van der Waals surface area (Å²) in [5, 5.41) is 0.773. The van der Waals surface area contributed by atoms with Crippen LogP contribution in [0.3, 0.4) is 0 Å². The third-order valence-electron chi connectivity index (χ3n) is 13.9. The summed E-state index contributed by atoms with van der Waals surface area (Å²) in [4.78, 5) is 0. The van der Waals surface area contributed by atoms with Crippen LogP contribution in [-0.2, 0) is 34.8 Å². The average molecular weight is 715 g/mol. The van der Waals surface area contributed by atoms with Crippen LogP contribution in [0.5, 0.6) is 0 Å². The molecule has 8 fully saturated rings. The van der Waals surface area contributed by atoms with Crippen LogP contribution >= 0.6 is 15.8 Å². The minimum atomic E-state index is -0.124. The standard InChI is InChI=1S/C39H63P2.C5H5.Fe/c1-37(2,3)34-20-32(33(21-34)23-41(38(4,5)6)39(7,8)9)22-40(35-28-12-24-10-25(14-28)15-29(35)13-24)36-30-16-26-11-27(18-30)19-31(36)17-26;1-2-4-5-3-1;/h20-21,24-31,35-36H,10-19,22-23H2,1-9H3;1-5H;/q-1;-5;. The Morgan fingerprint density at radius 3 is 1.28 bits per heavy atom. The average Bonchev–Trinajstić information content (AvgIpc) is 3.63. The van der Waals surface area contributed by atoms with Crippen molar-refractivity contribution in [2.75, 3.05) is 0 Å². The first-order valence-electron chi connectivity index (χ1n) is 19.6. The van der Waals surface area contributed by atoms with Crippen LogP contribution in [0.25, 0.3) is 0 Å². The largest absolute Gasteiger partial charge is 0.748 e. The van der Waals surface area contributed by atoms with E-state index in [1.54, 1.807) is 75.3 Å². The fourth-order valence-corrected chi connectivity index (χ4v) is 21.0. The summed E-state index contributed by atoms with van der Waals surface area (Å²) in [5.41, 5.74) is 7.70. The van der Waals surface area contributed by atoms with Gasteiger partial charge in [-0.15, -0.1) is 13.5 Å². The van der Waals surface area contributed by atoms with Crippen LogP contribution in [0.2, 0.25) is 0 Å². The van der Waals surface area contributed by atoms with E-state index in [0.717, 1.165) is 58.7 Å². The first-order chi connectivity index (χ1) is 21.6. The zero-order chi connectivity index (χ0) is 32.6. The Labute approximate surface area is 303 Å². The van der Waals surface area contributed by atoms with Crippen molar-refractivity contribution in [3.05, 3.63) is 59.2 Å². The van der Waals surface area contributed by atoms with Crippen molar-refractivity contribution in [1.82, 2.24) is 0 Å². The zero-order valence-corrected chi connectivity index (χ0v) is 34.4. The summed E-state index contributed by atoms with van der Waals surface area (Å²) in [6.07, 6.45) is 18.9. The van der Waals surface area contributed by atoms with Gasteiger partial charge in [0.25, 0.3) is 0 Å².